The van der Waals surface area contributed by atoms with Crippen LogP contribution in [0.25, 0.3) is 22.3 Å². The number of hydrogen-bond acceptors (Lipinski definition) is 7. The zero-order valence-electron chi connectivity index (χ0n) is 20.3. The highest BCUT2D eigenvalue weighted by atomic mass is 19.1. The highest BCUT2D eigenvalue weighted by Crippen LogP contribution is 2.42. The van der Waals surface area contributed by atoms with Gasteiger partial charge in [0.25, 0.3) is 5.56 Å². The molecule has 1 amide bonds. The Morgan fingerprint density at radius 1 is 1.31 bits per heavy atom. The van der Waals surface area contributed by atoms with E-state index < -0.39 is 30.2 Å². The van der Waals surface area contributed by atoms with Crippen LogP contribution in [0.5, 0.6) is 0 Å². The maximum absolute atomic E-state index is 14.9. The topological polar surface area (TPSA) is 134 Å². The summed E-state index contributed by atoms with van der Waals surface area (Å²) in [5.74, 6) is -1.05. The first-order valence-corrected chi connectivity index (χ1v) is 12.0. The summed E-state index contributed by atoms with van der Waals surface area (Å²) in [7, 11) is 0. The summed E-state index contributed by atoms with van der Waals surface area (Å²) in [5, 5.41) is 33.9. The van der Waals surface area contributed by atoms with Gasteiger partial charge in [0.2, 0.25) is 5.91 Å². The predicted molar refractivity (Wildman–Crippen MR) is 129 cm³/mol. The van der Waals surface area contributed by atoms with Gasteiger partial charge in [0.1, 0.15) is 18.0 Å². The maximum Gasteiger partial charge on any atom is 0.257 e. The van der Waals surface area contributed by atoms with Gasteiger partial charge in [0.05, 0.1) is 30.1 Å². The third-order valence-corrected chi connectivity index (χ3v) is 7.53. The first-order chi connectivity index (χ1) is 17.2. The smallest absolute Gasteiger partial charge is 0.257 e. The maximum atomic E-state index is 14.9. The number of aliphatic hydroxyl groups is 3. The second-order valence-corrected chi connectivity index (χ2v) is 9.32. The molecule has 0 radical (unpaired) electrons. The van der Waals surface area contributed by atoms with Crippen molar-refractivity contribution in [2.24, 2.45) is 0 Å². The van der Waals surface area contributed by atoms with Crippen LogP contribution < -0.4 is 10.9 Å². The number of halogens is 1. The van der Waals surface area contributed by atoms with E-state index in [0.29, 0.717) is 45.4 Å². The molecule has 10 heteroatoms. The molecule has 0 fully saturated rings. The van der Waals surface area contributed by atoms with Crippen molar-refractivity contribution < 1.29 is 29.2 Å². The Morgan fingerprint density at radius 3 is 2.72 bits per heavy atom. The van der Waals surface area contributed by atoms with Crippen LogP contribution in [0, 0.1) is 12.7 Å². The van der Waals surface area contributed by atoms with Crippen LogP contribution in [-0.4, -0.2) is 43.7 Å². The van der Waals surface area contributed by atoms with Gasteiger partial charge < -0.3 is 29.9 Å². The molecule has 0 spiro atoms. The van der Waals surface area contributed by atoms with Crippen molar-refractivity contribution in [3.8, 4) is 11.4 Å². The number of hydrogen-bond donors (Lipinski definition) is 4. The number of aliphatic hydroxyl groups excluding tert-OH is 2. The van der Waals surface area contributed by atoms with Crippen molar-refractivity contribution >= 4 is 16.8 Å². The molecule has 36 heavy (non-hydrogen) atoms. The van der Waals surface area contributed by atoms with Crippen LogP contribution in [0.3, 0.4) is 0 Å². The third-order valence-electron chi connectivity index (χ3n) is 7.53. The highest BCUT2D eigenvalue weighted by molar-refractivity contribution is 5.92. The molecule has 0 saturated carbocycles. The van der Waals surface area contributed by atoms with Gasteiger partial charge >= 0.3 is 0 Å². The molecule has 5 rings (SSSR count). The Bertz CT molecular complexity index is 1480. The molecule has 9 nitrogen and oxygen atoms in total. The van der Waals surface area contributed by atoms with Crippen LogP contribution in [0.2, 0.25) is 0 Å². The van der Waals surface area contributed by atoms with Gasteiger partial charge in [-0.05, 0) is 42.5 Å². The second kappa shape index (κ2) is 8.74. The predicted octanol–water partition coefficient (Wildman–Crippen LogP) is 1.49. The Hall–Kier alpha value is -3.18. The lowest BCUT2D eigenvalue weighted by atomic mass is 9.85. The van der Waals surface area contributed by atoms with Gasteiger partial charge in [0, 0.05) is 34.7 Å². The summed E-state index contributed by atoms with van der Waals surface area (Å²) in [6, 6.07) is 3.03. The minimum absolute atomic E-state index is 0.0207. The molecule has 2 aliphatic heterocycles. The number of aryl methyl sites for hydroxylation is 1. The van der Waals surface area contributed by atoms with E-state index in [2.05, 4.69) is 5.32 Å². The average molecular weight is 498 g/mol. The number of amides is 1. The molecule has 2 aromatic heterocycles. The molecule has 1 aromatic carbocycles. The van der Waals surface area contributed by atoms with Crippen molar-refractivity contribution in [1.82, 2.24) is 14.9 Å². The zero-order chi connectivity index (χ0) is 25.9. The fourth-order valence-electron chi connectivity index (χ4n) is 5.45. The van der Waals surface area contributed by atoms with E-state index >= 15 is 0 Å². The number of nitrogens with zero attached hydrogens (tertiary/aromatic N) is 2. The molecule has 0 aliphatic carbocycles. The lowest BCUT2D eigenvalue weighted by molar-refractivity contribution is -0.236. The molecule has 2 atom stereocenters. The standard InChI is InChI=1S/C26H28FN3O6/c1-4-13-15-9-30-20(6-17-16(24(30)33)11-36-25(34)26(17,35)5-2)23(15)29-19-7-18(27)12(3)14(22(13)19)8-28-21(32)10-31/h6-7,25,31,34-35H,4-5,8-11H2,1-3H3,(H,28,32)/t25?,26-/m0/s1. The number of carbonyl (C=O) groups is 1. The number of benzene rings is 1. The van der Waals surface area contributed by atoms with Gasteiger partial charge in [0.15, 0.2) is 6.29 Å². The Labute approximate surface area is 206 Å². The lowest BCUT2D eigenvalue weighted by Gasteiger charge is -2.37. The minimum Gasteiger partial charge on any atom is -0.387 e. The number of nitrogens with one attached hydrogen (secondary N) is 1. The third kappa shape index (κ3) is 3.40. The zero-order valence-corrected chi connectivity index (χ0v) is 20.3. The quantitative estimate of drug-likeness (QED) is 0.328. The fraction of sp³-hybridized carbons (Fsp3) is 0.423. The SMILES string of the molecule is CCc1c2c(nc3cc(F)c(C)c(CNC(=O)CO)c13)-c1cc3c(c(=O)n1C2)COC(O)[C@]3(O)CC. The number of ether oxygens (including phenoxy) is 1. The Balaban J connectivity index is 1.77. The van der Waals surface area contributed by atoms with E-state index in [1.807, 2.05) is 6.92 Å². The molecule has 4 heterocycles. The largest absolute Gasteiger partial charge is 0.387 e. The molecular formula is C26H28FN3O6. The summed E-state index contributed by atoms with van der Waals surface area (Å²) < 4.78 is 21.8. The van der Waals surface area contributed by atoms with E-state index in [1.165, 1.54) is 6.07 Å². The number of fused-ring (bicyclic) bond motifs is 5. The van der Waals surface area contributed by atoms with Crippen LogP contribution in [0.1, 0.15) is 53.6 Å². The van der Waals surface area contributed by atoms with Crippen LogP contribution in [0.15, 0.2) is 16.9 Å². The van der Waals surface area contributed by atoms with E-state index in [4.69, 9.17) is 14.8 Å². The number of rotatable bonds is 5. The van der Waals surface area contributed by atoms with E-state index in [9.17, 15) is 24.2 Å². The van der Waals surface area contributed by atoms with Gasteiger partial charge in [-0.25, -0.2) is 9.37 Å². The first-order valence-electron chi connectivity index (χ1n) is 12.0. The minimum atomic E-state index is -1.74. The summed E-state index contributed by atoms with van der Waals surface area (Å²) in [6.45, 7) is 4.76. The Morgan fingerprint density at radius 2 is 2.06 bits per heavy atom. The average Bonchev–Trinajstić information content (AvgIpc) is 3.24. The number of pyridine rings is 2. The second-order valence-electron chi connectivity index (χ2n) is 9.32. The van der Waals surface area contributed by atoms with Gasteiger partial charge in [-0.2, -0.15) is 0 Å². The van der Waals surface area contributed by atoms with Crippen LogP contribution >= 0.6 is 0 Å². The van der Waals surface area contributed by atoms with Crippen molar-refractivity contribution in [3.05, 3.63) is 61.7 Å². The van der Waals surface area contributed by atoms with Crippen LogP contribution in [-0.2, 0) is 41.2 Å². The molecule has 4 N–H and O–H groups in total. The van der Waals surface area contributed by atoms with E-state index in [0.717, 1.165) is 11.1 Å². The summed E-state index contributed by atoms with van der Waals surface area (Å²) >= 11 is 0. The monoisotopic (exact) mass is 497 g/mol. The Kier molecular flexibility index (Phi) is 5.95. The highest BCUT2D eigenvalue weighted by Gasteiger charge is 2.44. The summed E-state index contributed by atoms with van der Waals surface area (Å²) in [5.41, 5.74) is 2.57. The molecule has 1 unspecified atom stereocenters. The van der Waals surface area contributed by atoms with Crippen molar-refractivity contribution in [3.63, 3.8) is 0 Å². The van der Waals surface area contributed by atoms with Gasteiger partial charge in [-0.1, -0.05) is 13.8 Å². The molecule has 0 bridgehead atoms. The normalized spacial score (nSPS) is 20.2. The fourth-order valence-corrected chi connectivity index (χ4v) is 5.45. The van der Waals surface area contributed by atoms with E-state index in [-0.39, 0.29) is 37.2 Å². The molecule has 0 saturated heterocycles. The number of carbonyl (C=O) groups excluding carboxylic acids is 1. The van der Waals surface area contributed by atoms with Crippen LogP contribution in [0.4, 0.5) is 4.39 Å². The molecule has 3 aromatic rings. The van der Waals surface area contributed by atoms with Crippen molar-refractivity contribution in [1.29, 1.82) is 0 Å². The summed E-state index contributed by atoms with van der Waals surface area (Å²) in [6.07, 6.45) is -0.769. The van der Waals surface area contributed by atoms with Crippen molar-refractivity contribution in [2.75, 3.05) is 6.61 Å². The lowest BCUT2D eigenvalue weighted by Crippen LogP contribution is -2.47. The van der Waals surface area contributed by atoms with Crippen molar-refractivity contribution in [2.45, 2.75) is 65.2 Å². The summed E-state index contributed by atoms with van der Waals surface area (Å²) in [4.78, 5) is 30.0. The molecular weight excluding hydrogens is 469 g/mol. The van der Waals surface area contributed by atoms with E-state index in [1.54, 1.807) is 24.5 Å². The van der Waals surface area contributed by atoms with Gasteiger partial charge in [-0.15, -0.1) is 0 Å². The first kappa shape index (κ1) is 24.5. The number of aromatic nitrogens is 2. The molecule has 2 aliphatic rings. The molecule has 190 valence electrons. The van der Waals surface area contributed by atoms with Gasteiger partial charge in [-0.3, -0.25) is 9.59 Å².